The first kappa shape index (κ1) is 22.1. The molecule has 162 valence electrons. The predicted octanol–water partition coefficient (Wildman–Crippen LogP) is 2.50. The van der Waals surface area contributed by atoms with Gasteiger partial charge < -0.3 is 15.0 Å². The highest BCUT2D eigenvalue weighted by Gasteiger charge is 2.24. The van der Waals surface area contributed by atoms with E-state index in [1.165, 1.54) is 0 Å². The number of halogens is 2. The summed E-state index contributed by atoms with van der Waals surface area (Å²) in [5.74, 6) is -2.82. The molecule has 1 unspecified atom stereocenters. The second-order valence-electron chi connectivity index (χ2n) is 6.89. The van der Waals surface area contributed by atoms with E-state index in [9.17, 15) is 22.0 Å². The topological polar surface area (TPSA) is 87.7 Å². The third kappa shape index (κ3) is 5.32. The molecular weight excluding hydrogens is 416 g/mol. The predicted molar refractivity (Wildman–Crippen MR) is 109 cm³/mol. The van der Waals surface area contributed by atoms with Crippen molar-refractivity contribution in [1.29, 1.82) is 0 Å². The molecule has 0 aromatic heterocycles. The molecule has 2 aromatic carbocycles. The second kappa shape index (κ2) is 9.50. The lowest BCUT2D eigenvalue weighted by Gasteiger charge is -2.18. The molecule has 2 aromatic rings. The quantitative estimate of drug-likeness (QED) is 0.660. The zero-order valence-electron chi connectivity index (χ0n) is 16.4. The lowest BCUT2D eigenvalue weighted by molar-refractivity contribution is -0.116. The Kier molecular flexibility index (Phi) is 7.01. The normalized spacial score (nSPS) is 16.6. The van der Waals surface area contributed by atoms with Crippen molar-refractivity contribution in [3.05, 3.63) is 54.1 Å². The minimum Gasteiger partial charge on any atom is -0.380 e. The maximum atomic E-state index is 13.7. The van der Waals surface area contributed by atoms with E-state index >= 15 is 0 Å². The number of nitrogens with zero attached hydrogens (tertiary/aromatic N) is 1. The van der Waals surface area contributed by atoms with Crippen molar-refractivity contribution in [2.45, 2.75) is 23.8 Å². The highest BCUT2D eigenvalue weighted by molar-refractivity contribution is 7.89. The molecule has 1 saturated heterocycles. The van der Waals surface area contributed by atoms with Crippen molar-refractivity contribution in [3.63, 3.8) is 0 Å². The number of ether oxygens (including phenoxy) is 1. The number of rotatable bonds is 8. The zero-order chi connectivity index (χ0) is 21.7. The Morgan fingerprint density at radius 1 is 1.17 bits per heavy atom. The third-order valence-corrected chi connectivity index (χ3v) is 6.34. The van der Waals surface area contributed by atoms with Crippen molar-refractivity contribution in [3.8, 4) is 0 Å². The molecule has 0 spiro atoms. The van der Waals surface area contributed by atoms with Gasteiger partial charge >= 0.3 is 0 Å². The van der Waals surface area contributed by atoms with Crippen molar-refractivity contribution in [2.24, 2.45) is 0 Å². The summed E-state index contributed by atoms with van der Waals surface area (Å²) >= 11 is 0. The molecule has 1 aliphatic rings. The van der Waals surface area contributed by atoms with Crippen LogP contribution in [-0.2, 0) is 19.6 Å². The van der Waals surface area contributed by atoms with E-state index in [4.69, 9.17) is 4.74 Å². The van der Waals surface area contributed by atoms with Gasteiger partial charge in [-0.05, 0) is 42.8 Å². The maximum absolute atomic E-state index is 13.7. The van der Waals surface area contributed by atoms with Crippen molar-refractivity contribution < 1.29 is 26.7 Å². The van der Waals surface area contributed by atoms with E-state index in [1.54, 1.807) is 19.2 Å². The van der Waals surface area contributed by atoms with Crippen LogP contribution in [0.15, 0.2) is 47.4 Å². The number of nitrogens with one attached hydrogen (secondary N) is 2. The molecule has 3 rings (SSSR count). The first-order chi connectivity index (χ1) is 14.3. The fourth-order valence-corrected chi connectivity index (χ4v) is 4.41. The lowest BCUT2D eigenvalue weighted by Crippen LogP contribution is -2.29. The molecule has 0 saturated carbocycles. The van der Waals surface area contributed by atoms with Gasteiger partial charge in [0.15, 0.2) is 4.90 Å². The van der Waals surface area contributed by atoms with Crippen LogP contribution in [0.25, 0.3) is 0 Å². The molecule has 10 heteroatoms. The Morgan fingerprint density at radius 2 is 1.83 bits per heavy atom. The molecule has 0 bridgehead atoms. The average molecular weight is 439 g/mol. The largest absolute Gasteiger partial charge is 0.380 e. The minimum atomic E-state index is -4.41. The van der Waals surface area contributed by atoms with Crippen LogP contribution in [0.5, 0.6) is 0 Å². The van der Waals surface area contributed by atoms with Gasteiger partial charge in [0.2, 0.25) is 15.9 Å². The maximum Gasteiger partial charge on any atom is 0.246 e. The average Bonchev–Trinajstić information content (AvgIpc) is 3.17. The number of amides is 1. The summed E-state index contributed by atoms with van der Waals surface area (Å²) < 4.78 is 58.9. The van der Waals surface area contributed by atoms with Crippen LogP contribution in [0.4, 0.5) is 20.2 Å². The van der Waals surface area contributed by atoms with Gasteiger partial charge in [0.25, 0.3) is 0 Å². The third-order valence-electron chi connectivity index (χ3n) is 4.83. The SMILES string of the molecule is COC1CCN(c2ccc(NC(=O)CCNS(=O)(=O)c3c(F)cccc3F)cc2)C1. The zero-order valence-corrected chi connectivity index (χ0v) is 17.2. The number of methoxy groups -OCH3 is 1. The monoisotopic (exact) mass is 439 g/mol. The first-order valence-corrected chi connectivity index (χ1v) is 10.9. The highest BCUT2D eigenvalue weighted by Crippen LogP contribution is 2.23. The number of sulfonamides is 1. The highest BCUT2D eigenvalue weighted by atomic mass is 32.2. The Labute approximate surface area is 174 Å². The summed E-state index contributed by atoms with van der Waals surface area (Å²) in [5.41, 5.74) is 1.58. The van der Waals surface area contributed by atoms with E-state index in [-0.39, 0.29) is 19.1 Å². The Hall–Kier alpha value is -2.56. The van der Waals surface area contributed by atoms with Gasteiger partial charge in [-0.25, -0.2) is 21.9 Å². The number of hydrogen-bond donors (Lipinski definition) is 2. The fourth-order valence-electron chi connectivity index (χ4n) is 3.24. The number of anilines is 2. The summed E-state index contributed by atoms with van der Waals surface area (Å²) in [7, 11) is -2.71. The summed E-state index contributed by atoms with van der Waals surface area (Å²) in [5, 5.41) is 2.66. The summed E-state index contributed by atoms with van der Waals surface area (Å²) in [6.07, 6.45) is 0.978. The van der Waals surface area contributed by atoms with Gasteiger partial charge in [-0.1, -0.05) is 6.07 Å². The van der Waals surface area contributed by atoms with Gasteiger partial charge in [0.05, 0.1) is 6.10 Å². The van der Waals surface area contributed by atoms with E-state index in [0.29, 0.717) is 5.69 Å². The Bertz CT molecular complexity index is 979. The van der Waals surface area contributed by atoms with Gasteiger partial charge in [-0.2, -0.15) is 0 Å². The summed E-state index contributed by atoms with van der Waals surface area (Å²) in [4.78, 5) is 13.2. The standard InChI is InChI=1S/C20H23F2N3O4S/c1-29-16-10-12-25(13-16)15-7-5-14(6-8-15)24-19(26)9-11-23-30(27,28)20-17(21)3-2-4-18(20)22/h2-8,16,23H,9-13H2,1H3,(H,24,26). The van der Waals surface area contributed by atoms with E-state index in [1.807, 2.05) is 16.9 Å². The summed E-state index contributed by atoms with van der Waals surface area (Å²) in [6.45, 7) is 1.41. The number of carbonyl (C=O) groups is 1. The molecule has 7 nitrogen and oxygen atoms in total. The molecule has 2 N–H and O–H groups in total. The van der Waals surface area contributed by atoms with Crippen LogP contribution in [0.1, 0.15) is 12.8 Å². The molecule has 1 aliphatic heterocycles. The first-order valence-electron chi connectivity index (χ1n) is 9.41. The molecule has 0 radical (unpaired) electrons. The van der Waals surface area contributed by atoms with Crippen LogP contribution in [0.3, 0.4) is 0 Å². The van der Waals surface area contributed by atoms with E-state index in [2.05, 4.69) is 10.2 Å². The van der Waals surface area contributed by atoms with E-state index < -0.39 is 32.5 Å². The molecule has 30 heavy (non-hydrogen) atoms. The smallest absolute Gasteiger partial charge is 0.246 e. The number of carbonyl (C=O) groups excluding carboxylic acids is 1. The Morgan fingerprint density at radius 3 is 2.43 bits per heavy atom. The molecule has 1 atom stereocenters. The van der Waals surface area contributed by atoms with E-state index in [0.717, 1.165) is 43.4 Å². The lowest BCUT2D eigenvalue weighted by atomic mass is 10.2. The van der Waals surface area contributed by atoms with Gasteiger partial charge in [-0.15, -0.1) is 0 Å². The molecule has 1 heterocycles. The second-order valence-corrected chi connectivity index (χ2v) is 8.59. The van der Waals surface area contributed by atoms with Crippen LogP contribution in [-0.4, -0.2) is 47.2 Å². The Balaban J connectivity index is 1.50. The minimum absolute atomic E-state index is 0.196. The number of hydrogen-bond acceptors (Lipinski definition) is 5. The van der Waals surface area contributed by atoms with Crippen LogP contribution < -0.4 is 14.9 Å². The molecule has 1 fully saturated rings. The van der Waals surface area contributed by atoms with Crippen LogP contribution >= 0.6 is 0 Å². The van der Waals surface area contributed by atoms with Crippen molar-refractivity contribution in [2.75, 3.05) is 37.0 Å². The van der Waals surface area contributed by atoms with Gasteiger partial charge in [0, 0.05) is 44.5 Å². The number of benzene rings is 2. The van der Waals surface area contributed by atoms with Gasteiger partial charge in [-0.3, -0.25) is 4.79 Å². The summed E-state index contributed by atoms with van der Waals surface area (Å²) in [6, 6.07) is 10.1. The van der Waals surface area contributed by atoms with Crippen molar-refractivity contribution >= 4 is 27.3 Å². The van der Waals surface area contributed by atoms with Crippen LogP contribution in [0.2, 0.25) is 0 Å². The molecule has 0 aliphatic carbocycles. The van der Waals surface area contributed by atoms with Crippen LogP contribution in [0, 0.1) is 11.6 Å². The van der Waals surface area contributed by atoms with Crippen molar-refractivity contribution in [1.82, 2.24) is 4.72 Å². The fraction of sp³-hybridized carbons (Fsp3) is 0.350. The van der Waals surface area contributed by atoms with Gasteiger partial charge in [0.1, 0.15) is 11.6 Å². The molecule has 1 amide bonds. The molecular formula is C20H23F2N3O4S.